The molecule has 0 bridgehead atoms. The second-order valence-electron chi connectivity index (χ2n) is 10.5. The summed E-state index contributed by atoms with van der Waals surface area (Å²) in [4.78, 5) is 15.9. The van der Waals surface area contributed by atoms with Gasteiger partial charge in [0.2, 0.25) is 0 Å². The van der Waals surface area contributed by atoms with E-state index in [0.717, 1.165) is 30.4 Å². The third kappa shape index (κ3) is 4.68. The molecule has 2 N–H and O–H groups in total. The fourth-order valence-electron chi connectivity index (χ4n) is 5.09. The minimum Gasteiger partial charge on any atom is -0.393 e. The number of carbonyl (C=O) groups excluding carboxylic acids is 1. The maximum absolute atomic E-state index is 14.2. The van der Waals surface area contributed by atoms with Crippen molar-refractivity contribution < 1.29 is 19.7 Å². The minimum absolute atomic E-state index is 0.109. The lowest BCUT2D eigenvalue weighted by Gasteiger charge is -2.40. The zero-order chi connectivity index (χ0) is 26.4. The number of aliphatic hydroxyl groups excluding tert-OH is 1. The van der Waals surface area contributed by atoms with Gasteiger partial charge in [0, 0.05) is 33.3 Å². The zero-order valence-electron chi connectivity index (χ0n) is 21.0. The Kier molecular flexibility index (Phi) is 6.88. The van der Waals surface area contributed by atoms with Crippen molar-refractivity contribution >= 4 is 29.1 Å². The summed E-state index contributed by atoms with van der Waals surface area (Å²) in [6.07, 6.45) is 3.19. The SMILES string of the molecule is CCC1(CO[C@]2(c3ccc(Cl)cc3)c3ccc(C(C)(O)CO)cc3C(=O)N2Cc2ccc(Cl)cc2)CC1. The highest BCUT2D eigenvalue weighted by molar-refractivity contribution is 6.30. The minimum atomic E-state index is -1.48. The van der Waals surface area contributed by atoms with Gasteiger partial charge < -0.3 is 14.9 Å². The van der Waals surface area contributed by atoms with E-state index in [1.807, 2.05) is 54.6 Å². The number of hydrogen-bond acceptors (Lipinski definition) is 4. The first kappa shape index (κ1) is 26.2. The second-order valence-corrected chi connectivity index (χ2v) is 11.4. The summed E-state index contributed by atoms with van der Waals surface area (Å²) in [5.74, 6) is -0.211. The first-order chi connectivity index (χ1) is 17.6. The van der Waals surface area contributed by atoms with Gasteiger partial charge in [0.05, 0.1) is 13.2 Å². The van der Waals surface area contributed by atoms with Gasteiger partial charge in [0.1, 0.15) is 5.60 Å². The molecular weight excluding hydrogens is 509 g/mol. The quantitative estimate of drug-likeness (QED) is 0.336. The van der Waals surface area contributed by atoms with Crippen LogP contribution in [0.3, 0.4) is 0 Å². The number of ether oxygens (including phenoxy) is 1. The molecule has 5 nitrogen and oxygen atoms in total. The Morgan fingerprint density at radius 2 is 1.62 bits per heavy atom. The molecular formula is C30H31Cl2NO4. The molecule has 5 rings (SSSR count). The number of amides is 1. The lowest BCUT2D eigenvalue weighted by Crippen LogP contribution is -2.47. The smallest absolute Gasteiger partial charge is 0.257 e. The predicted molar refractivity (Wildman–Crippen MR) is 145 cm³/mol. The Morgan fingerprint density at radius 1 is 1.00 bits per heavy atom. The van der Waals surface area contributed by atoms with Gasteiger partial charge in [-0.3, -0.25) is 9.69 Å². The molecule has 7 heteroatoms. The predicted octanol–water partition coefficient (Wildman–Crippen LogP) is 6.26. The third-order valence-electron chi connectivity index (χ3n) is 7.95. The van der Waals surface area contributed by atoms with Crippen molar-refractivity contribution in [3.05, 3.63) is 105 Å². The van der Waals surface area contributed by atoms with E-state index in [1.165, 1.54) is 6.92 Å². The summed E-state index contributed by atoms with van der Waals surface area (Å²) in [5, 5.41) is 21.7. The molecule has 1 unspecified atom stereocenters. The van der Waals surface area contributed by atoms with Crippen LogP contribution in [0.15, 0.2) is 66.7 Å². The van der Waals surface area contributed by atoms with Crippen LogP contribution >= 0.6 is 23.2 Å². The van der Waals surface area contributed by atoms with Gasteiger partial charge in [-0.1, -0.05) is 66.5 Å². The van der Waals surface area contributed by atoms with Gasteiger partial charge >= 0.3 is 0 Å². The van der Waals surface area contributed by atoms with Crippen LogP contribution < -0.4 is 0 Å². The van der Waals surface area contributed by atoms with E-state index in [9.17, 15) is 15.0 Å². The highest BCUT2D eigenvalue weighted by atomic mass is 35.5. The summed E-state index contributed by atoms with van der Waals surface area (Å²) >= 11 is 12.4. The number of rotatable bonds is 9. The summed E-state index contributed by atoms with van der Waals surface area (Å²) in [7, 11) is 0. The van der Waals surface area contributed by atoms with Gasteiger partial charge in [-0.25, -0.2) is 0 Å². The van der Waals surface area contributed by atoms with Gasteiger partial charge in [-0.15, -0.1) is 0 Å². The van der Waals surface area contributed by atoms with Crippen LogP contribution in [0, 0.1) is 5.41 Å². The normalized spacial score (nSPS) is 21.6. The number of fused-ring (bicyclic) bond motifs is 1. The number of halogens is 2. The Morgan fingerprint density at radius 3 is 2.19 bits per heavy atom. The maximum atomic E-state index is 14.2. The number of hydrogen-bond donors (Lipinski definition) is 2. The Hall–Kier alpha value is -2.41. The number of benzene rings is 3. The van der Waals surface area contributed by atoms with Crippen LogP contribution in [0.25, 0.3) is 0 Å². The van der Waals surface area contributed by atoms with Crippen LogP contribution in [0.2, 0.25) is 10.0 Å². The number of aliphatic hydroxyl groups is 2. The van der Waals surface area contributed by atoms with E-state index in [1.54, 1.807) is 17.0 Å². The lowest BCUT2D eigenvalue weighted by atomic mass is 9.88. The van der Waals surface area contributed by atoms with Gasteiger partial charge in [-0.05, 0) is 73.1 Å². The van der Waals surface area contributed by atoms with Crippen LogP contribution in [0.5, 0.6) is 0 Å². The summed E-state index contributed by atoms with van der Waals surface area (Å²) in [6, 6.07) is 20.1. The van der Waals surface area contributed by atoms with E-state index in [0.29, 0.717) is 33.3 Å². The van der Waals surface area contributed by atoms with Crippen LogP contribution in [-0.2, 0) is 22.6 Å². The van der Waals surface area contributed by atoms with E-state index < -0.39 is 17.9 Å². The van der Waals surface area contributed by atoms with E-state index in [2.05, 4.69) is 6.92 Å². The highest BCUT2D eigenvalue weighted by Gasteiger charge is 2.54. The van der Waals surface area contributed by atoms with Gasteiger partial charge in [0.25, 0.3) is 5.91 Å². The van der Waals surface area contributed by atoms with Crippen molar-refractivity contribution in [2.45, 2.75) is 51.0 Å². The van der Waals surface area contributed by atoms with Crippen LogP contribution in [-0.4, -0.2) is 34.2 Å². The molecule has 2 aliphatic rings. The van der Waals surface area contributed by atoms with Crippen molar-refractivity contribution in [1.82, 2.24) is 4.90 Å². The Bertz CT molecular complexity index is 1300. The Labute approximate surface area is 227 Å². The molecule has 1 aliphatic carbocycles. The van der Waals surface area contributed by atoms with Crippen molar-refractivity contribution in [2.75, 3.05) is 13.2 Å². The van der Waals surface area contributed by atoms with Gasteiger partial charge in [-0.2, -0.15) is 0 Å². The molecule has 0 spiro atoms. The fourth-order valence-corrected chi connectivity index (χ4v) is 5.34. The van der Waals surface area contributed by atoms with Crippen LogP contribution in [0.4, 0.5) is 0 Å². The first-order valence-corrected chi connectivity index (χ1v) is 13.3. The highest BCUT2D eigenvalue weighted by Crippen LogP contribution is 2.53. The van der Waals surface area contributed by atoms with Crippen molar-refractivity contribution in [1.29, 1.82) is 0 Å². The molecule has 3 aromatic carbocycles. The molecule has 37 heavy (non-hydrogen) atoms. The molecule has 1 heterocycles. The first-order valence-electron chi connectivity index (χ1n) is 12.6. The maximum Gasteiger partial charge on any atom is 0.257 e. The Balaban J connectivity index is 1.70. The number of carbonyl (C=O) groups is 1. The average molecular weight is 540 g/mol. The molecule has 0 radical (unpaired) electrons. The molecule has 1 fully saturated rings. The average Bonchev–Trinajstić information content (AvgIpc) is 3.65. The summed E-state index contributed by atoms with van der Waals surface area (Å²) in [5.41, 5.74) is 0.756. The number of nitrogens with zero attached hydrogens (tertiary/aromatic N) is 1. The standard InChI is InChI=1S/C30H31Cl2NO4/c1-3-29(14-15-29)19-37-30(21-6-11-24(32)12-7-21)26-13-8-22(28(2,36)18-34)16-25(26)27(35)33(30)17-20-4-9-23(31)10-5-20/h4-13,16,34,36H,3,14-15,17-19H2,1-2H3/t28?,30-/m1/s1. The fraction of sp³-hybridized carbons (Fsp3) is 0.367. The monoisotopic (exact) mass is 539 g/mol. The van der Waals surface area contributed by atoms with Crippen LogP contribution in [0.1, 0.15) is 65.7 Å². The zero-order valence-corrected chi connectivity index (χ0v) is 22.5. The van der Waals surface area contributed by atoms with Crippen molar-refractivity contribution in [3.63, 3.8) is 0 Å². The molecule has 2 atom stereocenters. The third-order valence-corrected chi connectivity index (χ3v) is 8.46. The second kappa shape index (κ2) is 9.72. The molecule has 0 saturated heterocycles. The molecule has 194 valence electrons. The van der Waals surface area contributed by atoms with Gasteiger partial charge in [0.15, 0.2) is 5.72 Å². The van der Waals surface area contributed by atoms with E-state index in [4.69, 9.17) is 27.9 Å². The summed E-state index contributed by atoms with van der Waals surface area (Å²) in [6.45, 7) is 4.03. The van der Waals surface area contributed by atoms with E-state index >= 15 is 0 Å². The topological polar surface area (TPSA) is 70.0 Å². The molecule has 0 aromatic heterocycles. The van der Waals surface area contributed by atoms with Crippen molar-refractivity contribution in [2.24, 2.45) is 5.41 Å². The van der Waals surface area contributed by atoms with E-state index in [-0.39, 0.29) is 17.9 Å². The molecule has 3 aromatic rings. The lowest BCUT2D eigenvalue weighted by molar-refractivity contribution is -0.125. The summed E-state index contributed by atoms with van der Waals surface area (Å²) < 4.78 is 6.92. The molecule has 1 amide bonds. The largest absolute Gasteiger partial charge is 0.393 e. The molecule has 1 saturated carbocycles. The van der Waals surface area contributed by atoms with Crippen molar-refractivity contribution in [3.8, 4) is 0 Å². The molecule has 1 aliphatic heterocycles.